The number of thioether (sulfide) groups is 1. The van der Waals surface area contributed by atoms with Gasteiger partial charge in [-0.25, -0.2) is 0 Å². The van der Waals surface area contributed by atoms with Crippen LogP contribution >= 0.6 is 11.8 Å². The molecule has 1 amide bonds. The van der Waals surface area contributed by atoms with Gasteiger partial charge in [0.05, 0.1) is 32.2 Å². The molecule has 3 aliphatic heterocycles. The molecule has 0 saturated carbocycles. The van der Waals surface area contributed by atoms with E-state index in [9.17, 15) is 9.90 Å². The number of piperidine rings is 3. The van der Waals surface area contributed by atoms with Crippen LogP contribution < -0.4 is 10.4 Å². The molecule has 0 unspecified atom stereocenters. The third-order valence-electron chi connectivity index (χ3n) is 8.46. The number of carbonyl (C=O) groups is 2. The Balaban J connectivity index is 0.000000937. The predicted molar refractivity (Wildman–Crippen MR) is 147 cm³/mol. The van der Waals surface area contributed by atoms with Crippen molar-refractivity contribution in [2.45, 2.75) is 35.8 Å². The fourth-order valence-electron chi connectivity index (χ4n) is 6.60. The minimum absolute atomic E-state index is 0.121. The predicted octanol–water partition coefficient (Wildman–Crippen LogP) is 3.18. The molecule has 3 fully saturated rings. The minimum atomic E-state index is -1.63. The second-order valence-electron chi connectivity index (χ2n) is 10.5. The third-order valence-corrected chi connectivity index (χ3v) is 9.56. The molecular weight excluding hydrogens is 496 g/mol. The molecule has 4 aliphatic rings. The number of carbonyl (C=O) groups excluding carboxylic acids is 2. The highest BCUT2D eigenvalue weighted by Gasteiger charge is 2.51. The lowest BCUT2D eigenvalue weighted by atomic mass is 9.80. The summed E-state index contributed by atoms with van der Waals surface area (Å²) in [7, 11) is 0. The van der Waals surface area contributed by atoms with Crippen molar-refractivity contribution in [2.24, 2.45) is 5.92 Å². The minimum Gasteiger partial charge on any atom is -0.554 e. The van der Waals surface area contributed by atoms with Crippen LogP contribution in [0.2, 0.25) is 0 Å². The summed E-state index contributed by atoms with van der Waals surface area (Å²) < 4.78 is 1.10. The van der Waals surface area contributed by atoms with Gasteiger partial charge in [-0.1, -0.05) is 66.7 Å². The summed E-state index contributed by atoms with van der Waals surface area (Å²) in [6, 6.07) is 26.3. The van der Waals surface area contributed by atoms with Crippen molar-refractivity contribution in [3.8, 4) is 11.1 Å². The Morgan fingerprint density at radius 2 is 1.53 bits per heavy atom. The molecule has 3 heterocycles. The molecule has 198 valence electrons. The number of carboxylic acid groups (broad SMARTS) is 1. The van der Waals surface area contributed by atoms with Crippen LogP contribution in [0.25, 0.3) is 11.1 Å². The van der Waals surface area contributed by atoms with Gasteiger partial charge in [0.15, 0.2) is 5.60 Å². The van der Waals surface area contributed by atoms with Gasteiger partial charge >= 0.3 is 0 Å². The zero-order chi connectivity index (χ0) is 26.6. The van der Waals surface area contributed by atoms with Crippen LogP contribution in [0.4, 0.5) is 0 Å². The molecule has 1 atom stereocenters. The molecule has 0 spiro atoms. The summed E-state index contributed by atoms with van der Waals surface area (Å²) in [5.41, 5.74) is 1.67. The smallest absolute Gasteiger partial charge is 0.261 e. The molecule has 2 N–H and O–H groups in total. The van der Waals surface area contributed by atoms with Crippen molar-refractivity contribution in [3.63, 3.8) is 0 Å². The molecule has 7 rings (SSSR count). The maximum Gasteiger partial charge on any atom is 0.261 e. The molecule has 0 radical (unpaired) electrons. The maximum absolute atomic E-state index is 13.8. The van der Waals surface area contributed by atoms with E-state index >= 15 is 0 Å². The Morgan fingerprint density at radius 1 is 0.974 bits per heavy atom. The summed E-state index contributed by atoms with van der Waals surface area (Å²) in [6.45, 7) is 4.06. The largest absolute Gasteiger partial charge is 0.554 e. The quantitative estimate of drug-likeness (QED) is 0.212. The van der Waals surface area contributed by atoms with Crippen LogP contribution in [0, 0.1) is 5.92 Å². The van der Waals surface area contributed by atoms with Crippen molar-refractivity contribution in [1.82, 2.24) is 5.32 Å². The van der Waals surface area contributed by atoms with Gasteiger partial charge in [0, 0.05) is 47.5 Å². The fraction of sp³-hybridized carbons (Fsp3) is 0.355. The van der Waals surface area contributed by atoms with E-state index in [-0.39, 0.29) is 11.9 Å². The lowest BCUT2D eigenvalue weighted by molar-refractivity contribution is -0.943. The highest BCUT2D eigenvalue weighted by molar-refractivity contribution is 7.99. The Bertz CT molecular complexity index is 1230. The molecule has 3 aromatic carbocycles. The van der Waals surface area contributed by atoms with E-state index in [0.29, 0.717) is 17.0 Å². The number of amides is 1. The molecule has 1 aliphatic carbocycles. The summed E-state index contributed by atoms with van der Waals surface area (Å²) in [5, 5.41) is 23.5. The number of quaternary nitrogens is 1. The SMILES string of the molecule is O=C(N[C@H]1C[N+]2(CCCSc3ccccc3)CCC1CC2)C1(O)c2ccccc2-c2ccccc21.O=C[O-]. The van der Waals surface area contributed by atoms with Crippen molar-refractivity contribution in [2.75, 3.05) is 31.9 Å². The standard InChI is InChI=1S/C30H32N2O2S.CH2O2/c33-29(30(34)26-13-6-4-11-24(26)25-12-5-7-14-27(25)30)31-28-21-32(18-15-22(28)16-19-32)17-8-20-35-23-9-2-1-3-10-23;2-1-3/h1-7,9-14,22,28,34H,8,15-21H2;1H,(H,2,3)/t22?,28-,32?;/m0./s1. The van der Waals surface area contributed by atoms with E-state index in [1.54, 1.807) is 0 Å². The normalized spacial score (nSPS) is 23.9. The van der Waals surface area contributed by atoms with E-state index in [2.05, 4.69) is 35.6 Å². The Kier molecular flexibility index (Phi) is 7.88. The number of aliphatic hydroxyl groups is 1. The Labute approximate surface area is 228 Å². The zero-order valence-electron chi connectivity index (χ0n) is 21.4. The Hall–Kier alpha value is -3.13. The zero-order valence-corrected chi connectivity index (χ0v) is 22.2. The van der Waals surface area contributed by atoms with Gasteiger partial charge < -0.3 is 24.8 Å². The van der Waals surface area contributed by atoms with E-state index in [0.717, 1.165) is 47.3 Å². The van der Waals surface area contributed by atoms with Crippen molar-refractivity contribution in [1.29, 1.82) is 0 Å². The summed E-state index contributed by atoms with van der Waals surface area (Å²) in [6.07, 6.45) is 3.49. The molecule has 7 heteroatoms. The van der Waals surface area contributed by atoms with Crippen LogP contribution in [-0.2, 0) is 15.2 Å². The monoisotopic (exact) mass is 530 g/mol. The third kappa shape index (κ3) is 4.98. The topological polar surface area (TPSA) is 89.5 Å². The number of nitrogens with zero attached hydrogens (tertiary/aromatic N) is 1. The van der Waals surface area contributed by atoms with Gasteiger partial charge in [0.2, 0.25) is 0 Å². The van der Waals surface area contributed by atoms with Gasteiger partial charge in [-0.15, -0.1) is 11.8 Å². The summed E-state index contributed by atoms with van der Waals surface area (Å²) >= 11 is 1.93. The Morgan fingerprint density at radius 3 is 2.13 bits per heavy atom. The molecule has 3 saturated heterocycles. The van der Waals surface area contributed by atoms with Crippen LogP contribution in [0.5, 0.6) is 0 Å². The average Bonchev–Trinajstić information content (AvgIpc) is 3.22. The van der Waals surface area contributed by atoms with Crippen LogP contribution in [0.15, 0.2) is 83.8 Å². The molecule has 2 bridgehead atoms. The van der Waals surface area contributed by atoms with E-state index in [4.69, 9.17) is 9.90 Å². The number of hydrogen-bond acceptors (Lipinski definition) is 5. The van der Waals surface area contributed by atoms with Crippen LogP contribution in [0.1, 0.15) is 30.4 Å². The molecule has 3 aromatic rings. The van der Waals surface area contributed by atoms with Gasteiger partial charge in [0.1, 0.15) is 0 Å². The first-order valence-corrected chi connectivity index (χ1v) is 14.3. The number of nitrogens with one attached hydrogen (secondary N) is 1. The average molecular weight is 531 g/mol. The van der Waals surface area contributed by atoms with E-state index in [1.807, 2.05) is 60.3 Å². The van der Waals surface area contributed by atoms with Gasteiger partial charge in [-0.2, -0.15) is 0 Å². The molecule has 0 aromatic heterocycles. The second kappa shape index (κ2) is 11.3. The highest BCUT2D eigenvalue weighted by atomic mass is 32.2. The van der Waals surface area contributed by atoms with Gasteiger partial charge in [-0.3, -0.25) is 4.79 Å². The number of hydrogen-bond donors (Lipinski definition) is 2. The van der Waals surface area contributed by atoms with Gasteiger partial charge in [-0.05, 0) is 29.2 Å². The van der Waals surface area contributed by atoms with Crippen molar-refractivity contribution >= 4 is 24.1 Å². The lowest BCUT2D eigenvalue weighted by Gasteiger charge is -2.53. The van der Waals surface area contributed by atoms with Crippen LogP contribution in [-0.4, -0.2) is 59.9 Å². The summed E-state index contributed by atoms with van der Waals surface area (Å²) in [4.78, 5) is 23.4. The van der Waals surface area contributed by atoms with Gasteiger partial charge in [0.25, 0.3) is 5.91 Å². The maximum atomic E-state index is 13.8. The molecular formula is C31H34N2O4S. The first kappa shape index (κ1) is 26.5. The molecule has 6 nitrogen and oxygen atoms in total. The highest BCUT2D eigenvalue weighted by Crippen LogP contribution is 2.47. The molecule has 38 heavy (non-hydrogen) atoms. The fourth-order valence-corrected chi connectivity index (χ4v) is 7.46. The second-order valence-corrected chi connectivity index (χ2v) is 11.7. The number of fused-ring (bicyclic) bond motifs is 6. The lowest BCUT2D eigenvalue weighted by Crippen LogP contribution is -2.68. The first-order valence-electron chi connectivity index (χ1n) is 13.3. The number of benzene rings is 3. The van der Waals surface area contributed by atoms with Crippen molar-refractivity contribution in [3.05, 3.63) is 90.0 Å². The first-order chi connectivity index (χ1) is 18.5. The van der Waals surface area contributed by atoms with Crippen LogP contribution in [0.3, 0.4) is 0 Å². The van der Waals surface area contributed by atoms with E-state index < -0.39 is 12.1 Å². The number of rotatable bonds is 7. The summed E-state index contributed by atoms with van der Waals surface area (Å²) in [5.74, 6) is 1.36. The van der Waals surface area contributed by atoms with Crippen molar-refractivity contribution < 1.29 is 24.3 Å². The van der Waals surface area contributed by atoms with E-state index in [1.165, 1.54) is 24.4 Å².